The van der Waals surface area contributed by atoms with E-state index >= 15 is 0 Å². The highest BCUT2D eigenvalue weighted by Gasteiger charge is 2.31. The van der Waals surface area contributed by atoms with Crippen molar-refractivity contribution in [2.45, 2.75) is 26.3 Å². The maximum absolute atomic E-state index is 12.1. The minimum atomic E-state index is -0.0823. The number of ether oxygens (including phenoxy) is 2. The summed E-state index contributed by atoms with van der Waals surface area (Å²) < 4.78 is 10.9. The minimum Gasteiger partial charge on any atom is -0.493 e. The van der Waals surface area contributed by atoms with Crippen LogP contribution in [-0.2, 0) is 11.2 Å². The fourth-order valence-electron chi connectivity index (χ4n) is 3.15. The van der Waals surface area contributed by atoms with Crippen LogP contribution >= 0.6 is 12.2 Å². The van der Waals surface area contributed by atoms with E-state index in [4.69, 9.17) is 21.7 Å². The molecular weight excluding hydrogens is 362 g/mol. The Morgan fingerprint density at radius 1 is 1.33 bits per heavy atom. The summed E-state index contributed by atoms with van der Waals surface area (Å²) in [5.41, 5.74) is 2.27. The number of hydrogen-bond acceptors (Lipinski definition) is 4. The van der Waals surface area contributed by atoms with Gasteiger partial charge in [0.25, 0.3) is 0 Å². The van der Waals surface area contributed by atoms with E-state index in [0.717, 1.165) is 18.5 Å². The fourth-order valence-corrected chi connectivity index (χ4v) is 3.46. The number of carbonyl (C=O) groups is 1. The molecule has 0 saturated carbocycles. The van der Waals surface area contributed by atoms with Gasteiger partial charge in [-0.2, -0.15) is 0 Å². The number of benzene rings is 1. The molecule has 27 heavy (non-hydrogen) atoms. The smallest absolute Gasteiger partial charge is 0.222 e. The van der Waals surface area contributed by atoms with Gasteiger partial charge in [-0.1, -0.05) is 19.9 Å². The van der Waals surface area contributed by atoms with Crippen molar-refractivity contribution in [1.29, 1.82) is 0 Å². The van der Waals surface area contributed by atoms with Crippen molar-refractivity contribution in [2.24, 2.45) is 5.92 Å². The van der Waals surface area contributed by atoms with E-state index in [1.54, 1.807) is 20.3 Å². The molecule has 0 bridgehead atoms. The van der Waals surface area contributed by atoms with Crippen LogP contribution in [0.5, 0.6) is 11.5 Å². The number of amides is 1. The zero-order valence-electron chi connectivity index (χ0n) is 16.5. The van der Waals surface area contributed by atoms with Gasteiger partial charge in [-0.3, -0.25) is 4.79 Å². The molecule has 148 valence electrons. The van der Waals surface area contributed by atoms with Gasteiger partial charge in [0.15, 0.2) is 16.6 Å². The number of fused-ring (bicyclic) bond motifs is 1. The third kappa shape index (κ3) is 4.91. The molecule has 1 aliphatic heterocycles. The second-order valence-electron chi connectivity index (χ2n) is 6.74. The molecule has 1 atom stereocenters. The van der Waals surface area contributed by atoms with Crippen molar-refractivity contribution < 1.29 is 14.3 Å². The molecule has 0 unspecified atom stereocenters. The average molecular weight is 392 g/mol. The van der Waals surface area contributed by atoms with Crippen molar-refractivity contribution in [1.82, 2.24) is 15.5 Å². The first kappa shape index (κ1) is 21.0. The Bertz CT molecular complexity index is 706. The summed E-state index contributed by atoms with van der Waals surface area (Å²) in [5.74, 6) is 1.33. The molecule has 2 rings (SSSR count). The van der Waals surface area contributed by atoms with E-state index in [-0.39, 0.29) is 17.9 Å². The summed E-state index contributed by atoms with van der Waals surface area (Å²) in [7, 11) is 3.25. The average Bonchev–Trinajstić information content (AvgIpc) is 2.68. The maximum atomic E-state index is 12.1. The van der Waals surface area contributed by atoms with Gasteiger partial charge in [-0.15, -0.1) is 6.58 Å². The van der Waals surface area contributed by atoms with Crippen LogP contribution in [0.2, 0.25) is 0 Å². The molecule has 0 aliphatic carbocycles. The first-order valence-electron chi connectivity index (χ1n) is 9.10. The third-order valence-corrected chi connectivity index (χ3v) is 5.03. The standard InChI is InChI=1S/C20H29N3O3S/c1-6-8-21-20(27)23-9-7-14-10-17(25-4)18(26-5)11-15(14)16(23)12-22-19(24)13(2)3/h6,10-11,13,16H,1,7-9,12H2,2-5H3,(H,21,27)(H,22,24)/t16-/m1/s1. The van der Waals surface area contributed by atoms with Crippen LogP contribution in [0.4, 0.5) is 0 Å². The summed E-state index contributed by atoms with van der Waals surface area (Å²) in [5, 5.41) is 6.89. The van der Waals surface area contributed by atoms with Crippen molar-refractivity contribution >= 4 is 23.2 Å². The van der Waals surface area contributed by atoms with Gasteiger partial charge in [0.1, 0.15) is 0 Å². The third-order valence-electron chi connectivity index (χ3n) is 4.66. The molecule has 1 aromatic rings. The number of methoxy groups -OCH3 is 2. The van der Waals surface area contributed by atoms with E-state index in [1.165, 1.54) is 5.56 Å². The van der Waals surface area contributed by atoms with Crippen LogP contribution in [-0.4, -0.2) is 49.8 Å². The van der Waals surface area contributed by atoms with E-state index in [1.807, 2.05) is 26.0 Å². The lowest BCUT2D eigenvalue weighted by atomic mass is 9.91. The molecule has 0 fully saturated rings. The molecule has 0 radical (unpaired) electrons. The molecule has 0 spiro atoms. The summed E-state index contributed by atoms with van der Waals surface area (Å²) in [4.78, 5) is 14.3. The van der Waals surface area contributed by atoms with Crippen LogP contribution in [0.1, 0.15) is 31.0 Å². The highest BCUT2D eigenvalue weighted by molar-refractivity contribution is 7.80. The van der Waals surface area contributed by atoms with Crippen LogP contribution in [0.25, 0.3) is 0 Å². The molecule has 1 amide bonds. The Hall–Kier alpha value is -2.28. The number of rotatable bonds is 7. The summed E-state index contributed by atoms with van der Waals surface area (Å²) in [6.07, 6.45) is 2.61. The van der Waals surface area contributed by atoms with Crippen LogP contribution in [0.15, 0.2) is 24.8 Å². The van der Waals surface area contributed by atoms with Gasteiger partial charge in [0.05, 0.1) is 20.3 Å². The Kier molecular flexibility index (Phi) is 7.47. The molecule has 1 aliphatic rings. The first-order chi connectivity index (χ1) is 12.9. The zero-order valence-corrected chi connectivity index (χ0v) is 17.3. The van der Waals surface area contributed by atoms with E-state index in [9.17, 15) is 4.79 Å². The summed E-state index contributed by atoms with van der Waals surface area (Å²) in [6, 6.07) is 3.92. The SMILES string of the molecule is C=CCNC(=S)N1CCc2cc(OC)c(OC)cc2[C@H]1CNC(=O)C(C)C. The number of carbonyl (C=O) groups excluding carboxylic acids is 1. The van der Waals surface area contributed by atoms with Gasteiger partial charge in [-0.25, -0.2) is 0 Å². The monoisotopic (exact) mass is 391 g/mol. The van der Waals surface area contributed by atoms with Crippen molar-refractivity contribution in [3.63, 3.8) is 0 Å². The highest BCUT2D eigenvalue weighted by atomic mass is 32.1. The lowest BCUT2D eigenvalue weighted by Gasteiger charge is -2.39. The van der Waals surface area contributed by atoms with Gasteiger partial charge in [0.2, 0.25) is 5.91 Å². The number of nitrogens with one attached hydrogen (secondary N) is 2. The number of hydrogen-bond donors (Lipinski definition) is 2. The molecule has 0 saturated heterocycles. The summed E-state index contributed by atoms with van der Waals surface area (Å²) in [6.45, 7) is 9.31. The van der Waals surface area contributed by atoms with Crippen LogP contribution in [0, 0.1) is 5.92 Å². The Morgan fingerprint density at radius 2 is 2.00 bits per heavy atom. The Morgan fingerprint density at radius 3 is 2.59 bits per heavy atom. The highest BCUT2D eigenvalue weighted by Crippen LogP contribution is 2.38. The fraction of sp³-hybridized carbons (Fsp3) is 0.500. The van der Waals surface area contributed by atoms with Gasteiger partial charge >= 0.3 is 0 Å². The van der Waals surface area contributed by atoms with Gasteiger partial charge in [0, 0.05) is 25.6 Å². The molecule has 7 heteroatoms. The van der Waals surface area contributed by atoms with Gasteiger partial charge in [-0.05, 0) is 41.9 Å². The second-order valence-corrected chi connectivity index (χ2v) is 7.13. The topological polar surface area (TPSA) is 62.8 Å². The number of thiocarbonyl (C=S) groups is 1. The predicted molar refractivity (Wildman–Crippen MR) is 111 cm³/mol. The molecule has 0 aromatic heterocycles. The summed E-state index contributed by atoms with van der Waals surface area (Å²) >= 11 is 5.59. The molecule has 1 aromatic carbocycles. The van der Waals surface area contributed by atoms with E-state index in [2.05, 4.69) is 22.1 Å². The molecular formula is C20H29N3O3S. The number of nitrogens with zero attached hydrogens (tertiary/aromatic N) is 1. The molecule has 6 nitrogen and oxygen atoms in total. The second kappa shape index (κ2) is 9.60. The van der Waals surface area contributed by atoms with Gasteiger partial charge < -0.3 is 25.0 Å². The zero-order chi connectivity index (χ0) is 20.0. The van der Waals surface area contributed by atoms with E-state index in [0.29, 0.717) is 29.7 Å². The quantitative estimate of drug-likeness (QED) is 0.550. The van der Waals surface area contributed by atoms with Crippen molar-refractivity contribution in [3.05, 3.63) is 35.9 Å². The molecule has 2 N–H and O–H groups in total. The maximum Gasteiger partial charge on any atom is 0.222 e. The predicted octanol–water partition coefficient (Wildman–Crippen LogP) is 2.44. The Labute approximate surface area is 166 Å². The lowest BCUT2D eigenvalue weighted by molar-refractivity contribution is -0.124. The van der Waals surface area contributed by atoms with Crippen molar-refractivity contribution in [2.75, 3.05) is 33.9 Å². The largest absolute Gasteiger partial charge is 0.493 e. The Balaban J connectivity index is 2.37. The van der Waals surface area contributed by atoms with Crippen LogP contribution in [0.3, 0.4) is 0 Å². The first-order valence-corrected chi connectivity index (χ1v) is 9.51. The lowest BCUT2D eigenvalue weighted by Crippen LogP contribution is -2.49. The normalized spacial score (nSPS) is 15.7. The van der Waals surface area contributed by atoms with Crippen LogP contribution < -0.4 is 20.1 Å². The molecule has 1 heterocycles. The minimum absolute atomic E-state index is 0.0209. The van der Waals surface area contributed by atoms with E-state index < -0.39 is 0 Å². The van der Waals surface area contributed by atoms with Crippen molar-refractivity contribution in [3.8, 4) is 11.5 Å².